The van der Waals surface area contributed by atoms with Gasteiger partial charge in [0.2, 0.25) is 0 Å². The van der Waals surface area contributed by atoms with Gasteiger partial charge in [0.1, 0.15) is 0 Å². The van der Waals surface area contributed by atoms with E-state index in [0.717, 1.165) is 23.7 Å². The lowest BCUT2D eigenvalue weighted by molar-refractivity contribution is 0.0661. The molecule has 2 atom stereocenters. The molecule has 0 fully saturated rings. The summed E-state index contributed by atoms with van der Waals surface area (Å²) in [7, 11) is 1.78. The number of halogens is 1. The van der Waals surface area contributed by atoms with Gasteiger partial charge in [0.05, 0.1) is 10.4 Å². The van der Waals surface area contributed by atoms with Crippen LogP contribution in [0, 0.1) is 0 Å². The first kappa shape index (κ1) is 14.0. The number of hydrogen-bond acceptors (Lipinski definition) is 3. The molecule has 1 rings (SSSR count). The monoisotopic (exact) mass is 261 g/mol. The molecule has 0 saturated carbocycles. The van der Waals surface area contributed by atoms with Crippen LogP contribution in [0.5, 0.6) is 0 Å². The van der Waals surface area contributed by atoms with Crippen LogP contribution in [-0.4, -0.2) is 25.8 Å². The quantitative estimate of drug-likeness (QED) is 0.813. The summed E-state index contributed by atoms with van der Waals surface area (Å²) in [6.45, 7) is 5.24. The van der Waals surface area contributed by atoms with Gasteiger partial charge in [0.25, 0.3) is 0 Å². The molecule has 0 bridgehead atoms. The van der Waals surface area contributed by atoms with Gasteiger partial charge in [-0.3, -0.25) is 0 Å². The Morgan fingerprint density at radius 1 is 1.44 bits per heavy atom. The van der Waals surface area contributed by atoms with Gasteiger partial charge in [-0.25, -0.2) is 0 Å². The second kappa shape index (κ2) is 7.28. The minimum Gasteiger partial charge on any atom is -0.380 e. The predicted molar refractivity (Wildman–Crippen MR) is 71.6 cm³/mol. The van der Waals surface area contributed by atoms with E-state index in [9.17, 15) is 0 Å². The van der Waals surface area contributed by atoms with Crippen molar-refractivity contribution in [2.75, 3.05) is 13.7 Å². The van der Waals surface area contributed by atoms with Crippen molar-refractivity contribution >= 4 is 22.9 Å². The van der Waals surface area contributed by atoms with Crippen LogP contribution in [-0.2, 0) is 11.2 Å². The Morgan fingerprint density at radius 2 is 2.19 bits per heavy atom. The lowest BCUT2D eigenvalue weighted by Gasteiger charge is -2.25. The van der Waals surface area contributed by atoms with Crippen LogP contribution in [0.1, 0.15) is 25.1 Å². The van der Waals surface area contributed by atoms with Gasteiger partial charge in [0.15, 0.2) is 0 Å². The van der Waals surface area contributed by atoms with Gasteiger partial charge in [-0.15, -0.1) is 11.3 Å². The third kappa shape index (κ3) is 4.06. The highest BCUT2D eigenvalue weighted by molar-refractivity contribution is 7.16. The molecule has 4 heteroatoms. The Hall–Kier alpha value is -0.0900. The summed E-state index contributed by atoms with van der Waals surface area (Å²) in [5.41, 5.74) is 0. The fourth-order valence-electron chi connectivity index (χ4n) is 1.89. The lowest BCUT2D eigenvalue weighted by Crippen LogP contribution is -2.42. The number of rotatable bonds is 7. The Kier molecular flexibility index (Phi) is 6.36. The molecule has 0 radical (unpaired) electrons. The molecule has 0 spiro atoms. The van der Waals surface area contributed by atoms with E-state index in [-0.39, 0.29) is 6.10 Å². The molecule has 2 unspecified atom stereocenters. The van der Waals surface area contributed by atoms with Crippen LogP contribution in [0.4, 0.5) is 0 Å². The van der Waals surface area contributed by atoms with Crippen molar-refractivity contribution in [3.05, 3.63) is 21.3 Å². The smallest absolute Gasteiger partial charge is 0.0931 e. The Bertz CT molecular complexity index is 299. The molecule has 0 aliphatic carbocycles. The zero-order valence-corrected chi connectivity index (χ0v) is 11.7. The third-order valence-electron chi connectivity index (χ3n) is 2.67. The van der Waals surface area contributed by atoms with Gasteiger partial charge in [-0.05, 0) is 31.5 Å². The van der Waals surface area contributed by atoms with Crippen molar-refractivity contribution in [1.29, 1.82) is 0 Å². The van der Waals surface area contributed by atoms with Crippen LogP contribution in [0.3, 0.4) is 0 Å². The van der Waals surface area contributed by atoms with E-state index >= 15 is 0 Å². The highest BCUT2D eigenvalue weighted by Crippen LogP contribution is 2.23. The molecular weight excluding hydrogens is 242 g/mol. The maximum Gasteiger partial charge on any atom is 0.0931 e. The topological polar surface area (TPSA) is 21.3 Å². The molecule has 1 N–H and O–H groups in total. The summed E-state index contributed by atoms with van der Waals surface area (Å²) in [4.78, 5) is 1.31. The molecule has 0 amide bonds. The number of nitrogens with one attached hydrogen (secondary N) is 1. The van der Waals surface area contributed by atoms with Crippen molar-refractivity contribution in [3.8, 4) is 0 Å². The zero-order chi connectivity index (χ0) is 12.0. The van der Waals surface area contributed by atoms with Gasteiger partial charge in [-0.1, -0.05) is 25.4 Å². The van der Waals surface area contributed by atoms with Crippen molar-refractivity contribution in [2.24, 2.45) is 0 Å². The molecule has 0 aliphatic heterocycles. The van der Waals surface area contributed by atoms with E-state index in [1.165, 1.54) is 4.88 Å². The average Bonchev–Trinajstić information content (AvgIpc) is 2.66. The number of ether oxygens (including phenoxy) is 1. The number of likely N-dealkylation sites (N-methyl/N-ethyl adjacent to an activating group) is 1. The Labute approximate surface area is 107 Å². The first-order chi connectivity index (χ1) is 7.71. The maximum absolute atomic E-state index is 5.94. The van der Waals surface area contributed by atoms with E-state index in [4.69, 9.17) is 16.3 Å². The minimum atomic E-state index is 0.265. The van der Waals surface area contributed by atoms with Crippen molar-refractivity contribution in [3.63, 3.8) is 0 Å². The normalized spacial score (nSPS) is 15.0. The molecular formula is C12H20ClNOS. The maximum atomic E-state index is 5.94. The zero-order valence-electron chi connectivity index (χ0n) is 10.1. The summed E-state index contributed by atoms with van der Waals surface area (Å²) < 4.78 is 6.36. The van der Waals surface area contributed by atoms with Crippen LogP contribution in [0.15, 0.2) is 12.1 Å². The molecule has 0 aromatic carbocycles. The molecule has 0 aliphatic rings. The van der Waals surface area contributed by atoms with Gasteiger partial charge >= 0.3 is 0 Å². The summed E-state index contributed by atoms with van der Waals surface area (Å²) in [6.07, 6.45) is 2.27. The van der Waals surface area contributed by atoms with Gasteiger partial charge in [-0.2, -0.15) is 0 Å². The minimum absolute atomic E-state index is 0.265. The van der Waals surface area contributed by atoms with Gasteiger partial charge in [0, 0.05) is 18.0 Å². The summed E-state index contributed by atoms with van der Waals surface area (Å²) in [5, 5.41) is 3.48. The van der Waals surface area contributed by atoms with Crippen LogP contribution in [0.2, 0.25) is 4.34 Å². The fourth-order valence-corrected chi connectivity index (χ4v) is 3.04. The average molecular weight is 262 g/mol. The summed E-state index contributed by atoms with van der Waals surface area (Å²) >= 11 is 7.59. The molecule has 92 valence electrons. The fraction of sp³-hybridized carbons (Fsp3) is 0.667. The summed E-state index contributed by atoms with van der Waals surface area (Å²) in [6, 6.07) is 4.42. The number of hydrogen-bond donors (Lipinski definition) is 1. The Morgan fingerprint density at radius 3 is 2.62 bits per heavy atom. The highest BCUT2D eigenvalue weighted by atomic mass is 35.5. The largest absolute Gasteiger partial charge is 0.380 e. The first-order valence-electron chi connectivity index (χ1n) is 5.71. The third-order valence-corrected chi connectivity index (χ3v) is 3.92. The van der Waals surface area contributed by atoms with E-state index in [0.29, 0.717) is 6.04 Å². The Balaban J connectivity index is 2.63. The lowest BCUT2D eigenvalue weighted by atomic mass is 10.0. The number of thiophene rings is 1. The molecule has 0 saturated heterocycles. The van der Waals surface area contributed by atoms with E-state index in [1.54, 1.807) is 18.4 Å². The molecule has 16 heavy (non-hydrogen) atoms. The molecule has 1 aromatic rings. The SMILES string of the molecule is CCNC(Cc1ccc(Cl)s1)C(CC)OC. The number of methoxy groups -OCH3 is 1. The second-order valence-electron chi connectivity index (χ2n) is 3.76. The predicted octanol–water partition coefficient (Wildman–Crippen LogP) is 3.35. The van der Waals surface area contributed by atoms with E-state index in [2.05, 4.69) is 25.2 Å². The van der Waals surface area contributed by atoms with Crippen LogP contribution in [0.25, 0.3) is 0 Å². The van der Waals surface area contributed by atoms with Crippen molar-refractivity contribution in [2.45, 2.75) is 38.8 Å². The molecule has 2 nitrogen and oxygen atoms in total. The van der Waals surface area contributed by atoms with Gasteiger partial charge < -0.3 is 10.1 Å². The van der Waals surface area contributed by atoms with E-state index in [1.807, 2.05) is 6.07 Å². The molecule has 1 aromatic heterocycles. The van der Waals surface area contributed by atoms with Crippen molar-refractivity contribution in [1.82, 2.24) is 5.32 Å². The standard InChI is InChI=1S/C12H20ClNOS/c1-4-11(15-3)10(14-5-2)8-9-6-7-12(13)16-9/h6-7,10-11,14H,4-5,8H2,1-3H3. The second-order valence-corrected chi connectivity index (χ2v) is 5.56. The van der Waals surface area contributed by atoms with E-state index < -0.39 is 0 Å². The summed E-state index contributed by atoms with van der Waals surface area (Å²) in [5.74, 6) is 0. The van der Waals surface area contributed by atoms with Crippen LogP contribution >= 0.6 is 22.9 Å². The molecule has 1 heterocycles. The van der Waals surface area contributed by atoms with Crippen LogP contribution < -0.4 is 5.32 Å². The van der Waals surface area contributed by atoms with Crippen molar-refractivity contribution < 1.29 is 4.74 Å². The first-order valence-corrected chi connectivity index (χ1v) is 6.91. The highest BCUT2D eigenvalue weighted by Gasteiger charge is 2.19.